The number of aromatic nitrogens is 1. The molecule has 1 N–H and O–H groups in total. The van der Waals surface area contributed by atoms with Crippen LogP contribution >= 0.6 is 23.2 Å². The van der Waals surface area contributed by atoms with E-state index in [9.17, 15) is 0 Å². The second-order valence-corrected chi connectivity index (χ2v) is 4.19. The van der Waals surface area contributed by atoms with Crippen LogP contribution in [0.25, 0.3) is 0 Å². The highest BCUT2D eigenvalue weighted by Crippen LogP contribution is 2.28. The van der Waals surface area contributed by atoms with Crippen molar-refractivity contribution >= 4 is 23.2 Å². The van der Waals surface area contributed by atoms with Gasteiger partial charge in [0.05, 0.1) is 6.61 Å². The minimum absolute atomic E-state index is 0.107. The zero-order valence-electron chi connectivity index (χ0n) is 8.73. The molecular weight excluding hydrogens is 261 g/mol. The Hall–Kier alpha value is -1.29. The van der Waals surface area contributed by atoms with Crippen molar-refractivity contribution in [2.45, 2.75) is 6.61 Å². The van der Waals surface area contributed by atoms with Crippen molar-refractivity contribution in [3.05, 3.63) is 52.1 Å². The van der Waals surface area contributed by atoms with E-state index in [1.165, 1.54) is 6.20 Å². The Labute approximate surface area is 109 Å². The van der Waals surface area contributed by atoms with Gasteiger partial charge in [0.2, 0.25) is 5.88 Å². The second kappa shape index (κ2) is 5.36. The first kappa shape index (κ1) is 12.2. The Kier molecular flexibility index (Phi) is 3.84. The summed E-state index contributed by atoms with van der Waals surface area (Å²) in [5.41, 5.74) is 0.633. The number of halogens is 2. The van der Waals surface area contributed by atoms with E-state index >= 15 is 0 Å². The van der Waals surface area contributed by atoms with Crippen LogP contribution in [0, 0.1) is 0 Å². The highest BCUT2D eigenvalue weighted by molar-refractivity contribution is 6.32. The molecule has 0 bridgehead atoms. The van der Waals surface area contributed by atoms with E-state index < -0.39 is 0 Å². The molecule has 88 valence electrons. The first-order chi connectivity index (χ1) is 8.19. The maximum atomic E-state index is 8.92. The lowest BCUT2D eigenvalue weighted by Crippen LogP contribution is -1.91. The third-order valence-corrected chi connectivity index (χ3v) is 2.56. The van der Waals surface area contributed by atoms with E-state index in [-0.39, 0.29) is 12.5 Å². The molecule has 0 fully saturated rings. The fourth-order valence-corrected chi connectivity index (χ4v) is 1.68. The van der Waals surface area contributed by atoms with Crippen molar-refractivity contribution < 1.29 is 9.84 Å². The van der Waals surface area contributed by atoms with Crippen LogP contribution in [0.5, 0.6) is 11.6 Å². The molecule has 0 aliphatic heterocycles. The molecule has 1 aromatic carbocycles. The van der Waals surface area contributed by atoms with Gasteiger partial charge in [-0.1, -0.05) is 29.3 Å². The summed E-state index contributed by atoms with van der Waals surface area (Å²) >= 11 is 11.8. The molecule has 0 saturated carbocycles. The molecule has 1 aromatic heterocycles. The van der Waals surface area contributed by atoms with Gasteiger partial charge in [0.1, 0.15) is 10.8 Å². The molecule has 2 aromatic rings. The van der Waals surface area contributed by atoms with Gasteiger partial charge in [-0.2, -0.15) is 0 Å². The largest absolute Gasteiger partial charge is 0.437 e. The van der Waals surface area contributed by atoms with Crippen molar-refractivity contribution in [2.75, 3.05) is 0 Å². The first-order valence-corrected chi connectivity index (χ1v) is 5.63. The summed E-state index contributed by atoms with van der Waals surface area (Å²) in [6.07, 6.45) is 1.51. The normalized spacial score (nSPS) is 10.3. The summed E-state index contributed by atoms with van der Waals surface area (Å²) in [5, 5.41) is 9.84. The fraction of sp³-hybridized carbons (Fsp3) is 0.0833. The van der Waals surface area contributed by atoms with E-state index in [1.807, 2.05) is 0 Å². The monoisotopic (exact) mass is 269 g/mol. The number of benzene rings is 1. The summed E-state index contributed by atoms with van der Waals surface area (Å²) in [6, 6.07) is 8.55. The quantitative estimate of drug-likeness (QED) is 0.925. The Balaban J connectivity index is 2.24. The molecule has 0 spiro atoms. The predicted molar refractivity (Wildman–Crippen MR) is 66.7 cm³/mol. The standard InChI is InChI=1S/C12H9Cl2NO2/c13-9-2-1-3-10(5-9)17-12-11(14)4-8(7-16)6-15-12/h1-6,16H,7H2. The Morgan fingerprint density at radius 3 is 2.71 bits per heavy atom. The molecule has 1 heterocycles. The predicted octanol–water partition coefficient (Wildman–Crippen LogP) is 3.67. The number of nitrogens with zero attached hydrogens (tertiary/aromatic N) is 1. The van der Waals surface area contributed by atoms with E-state index in [4.69, 9.17) is 33.0 Å². The Morgan fingerprint density at radius 2 is 2.06 bits per heavy atom. The maximum Gasteiger partial charge on any atom is 0.238 e. The summed E-state index contributed by atoms with van der Waals surface area (Å²) in [5.74, 6) is 0.842. The van der Waals surface area contributed by atoms with Crippen LogP contribution in [0.2, 0.25) is 10.0 Å². The van der Waals surface area contributed by atoms with Gasteiger partial charge < -0.3 is 9.84 Å². The van der Waals surface area contributed by atoms with Crippen molar-refractivity contribution in [2.24, 2.45) is 0 Å². The van der Waals surface area contributed by atoms with Crippen LogP contribution in [0.1, 0.15) is 5.56 Å². The Morgan fingerprint density at radius 1 is 1.24 bits per heavy atom. The average molecular weight is 270 g/mol. The average Bonchev–Trinajstić information content (AvgIpc) is 2.32. The summed E-state index contributed by atoms with van der Waals surface area (Å²) in [7, 11) is 0. The third kappa shape index (κ3) is 3.09. The number of rotatable bonds is 3. The van der Waals surface area contributed by atoms with E-state index in [1.54, 1.807) is 30.3 Å². The van der Waals surface area contributed by atoms with Crippen LogP contribution in [-0.2, 0) is 6.61 Å². The zero-order valence-corrected chi connectivity index (χ0v) is 10.2. The molecule has 17 heavy (non-hydrogen) atoms. The van der Waals surface area contributed by atoms with Crippen LogP contribution < -0.4 is 4.74 Å². The zero-order chi connectivity index (χ0) is 12.3. The van der Waals surface area contributed by atoms with E-state index in [0.717, 1.165) is 0 Å². The van der Waals surface area contributed by atoms with Crippen molar-refractivity contribution in [3.8, 4) is 11.6 Å². The number of hydrogen-bond acceptors (Lipinski definition) is 3. The Bertz CT molecular complexity index is 532. The van der Waals surface area contributed by atoms with Gasteiger partial charge in [-0.25, -0.2) is 4.98 Å². The highest BCUT2D eigenvalue weighted by atomic mass is 35.5. The number of pyridine rings is 1. The molecule has 5 heteroatoms. The topological polar surface area (TPSA) is 42.4 Å². The number of ether oxygens (including phenoxy) is 1. The second-order valence-electron chi connectivity index (χ2n) is 3.35. The molecule has 0 aliphatic carbocycles. The van der Waals surface area contributed by atoms with Crippen LogP contribution in [0.4, 0.5) is 0 Å². The SMILES string of the molecule is OCc1cnc(Oc2cccc(Cl)c2)c(Cl)c1. The summed E-state index contributed by atoms with van der Waals surface area (Å²) in [6.45, 7) is -0.107. The van der Waals surface area contributed by atoms with Gasteiger partial charge in [-0.15, -0.1) is 0 Å². The summed E-state index contributed by atoms with van der Waals surface area (Å²) < 4.78 is 5.48. The van der Waals surface area contributed by atoms with Crippen molar-refractivity contribution in [1.29, 1.82) is 0 Å². The number of aliphatic hydroxyl groups is 1. The van der Waals surface area contributed by atoms with Crippen LogP contribution in [-0.4, -0.2) is 10.1 Å². The molecular formula is C12H9Cl2NO2. The summed E-state index contributed by atoms with van der Waals surface area (Å²) in [4.78, 5) is 4.02. The maximum absolute atomic E-state index is 8.92. The van der Waals surface area contributed by atoms with Crippen LogP contribution in [0.15, 0.2) is 36.5 Å². The molecule has 2 rings (SSSR count). The van der Waals surface area contributed by atoms with Gasteiger partial charge in [0.25, 0.3) is 0 Å². The molecule has 0 radical (unpaired) electrons. The molecule has 3 nitrogen and oxygen atoms in total. The minimum atomic E-state index is -0.107. The highest BCUT2D eigenvalue weighted by Gasteiger charge is 2.06. The van der Waals surface area contributed by atoms with Crippen LogP contribution in [0.3, 0.4) is 0 Å². The van der Waals surface area contributed by atoms with Crippen molar-refractivity contribution in [3.63, 3.8) is 0 Å². The lowest BCUT2D eigenvalue weighted by atomic mass is 10.3. The van der Waals surface area contributed by atoms with Gasteiger partial charge >= 0.3 is 0 Å². The van der Waals surface area contributed by atoms with E-state index in [2.05, 4.69) is 4.98 Å². The minimum Gasteiger partial charge on any atom is -0.437 e. The molecule has 0 amide bonds. The van der Waals surface area contributed by atoms with Gasteiger partial charge in [-0.05, 0) is 29.8 Å². The lowest BCUT2D eigenvalue weighted by Gasteiger charge is -2.07. The van der Waals surface area contributed by atoms with Crippen molar-refractivity contribution in [1.82, 2.24) is 4.98 Å². The lowest BCUT2D eigenvalue weighted by molar-refractivity contribution is 0.281. The molecule has 0 atom stereocenters. The van der Waals surface area contributed by atoms with Gasteiger partial charge in [-0.3, -0.25) is 0 Å². The third-order valence-electron chi connectivity index (χ3n) is 2.06. The first-order valence-electron chi connectivity index (χ1n) is 4.88. The number of hydrogen-bond donors (Lipinski definition) is 1. The smallest absolute Gasteiger partial charge is 0.238 e. The molecule has 0 unspecified atom stereocenters. The van der Waals surface area contributed by atoms with Gasteiger partial charge in [0.15, 0.2) is 0 Å². The molecule has 0 aliphatic rings. The van der Waals surface area contributed by atoms with E-state index in [0.29, 0.717) is 21.4 Å². The molecule has 0 saturated heterocycles. The number of aliphatic hydroxyl groups excluding tert-OH is 1. The van der Waals surface area contributed by atoms with Gasteiger partial charge in [0, 0.05) is 11.2 Å². The fourth-order valence-electron chi connectivity index (χ4n) is 1.27.